The summed E-state index contributed by atoms with van der Waals surface area (Å²) in [5.74, 6) is 0.293. The Hall–Kier alpha value is -0.770. The predicted octanol–water partition coefficient (Wildman–Crippen LogP) is 3.44. The summed E-state index contributed by atoms with van der Waals surface area (Å²) in [5.41, 5.74) is 2.40. The highest BCUT2D eigenvalue weighted by molar-refractivity contribution is 6.31. The highest BCUT2D eigenvalue weighted by Gasteiger charge is 2.26. The SMILES string of the molecule is CC1CN(c2cccc(Cl)c2CNC(C)(C)C)CCC1O. The number of nitrogens with one attached hydrogen (secondary N) is 1. The van der Waals surface area contributed by atoms with Crippen molar-refractivity contribution in [3.63, 3.8) is 0 Å². The van der Waals surface area contributed by atoms with E-state index in [1.54, 1.807) is 0 Å². The lowest BCUT2D eigenvalue weighted by molar-refractivity contribution is 0.0970. The Morgan fingerprint density at radius 1 is 1.38 bits per heavy atom. The zero-order chi connectivity index (χ0) is 15.6. The van der Waals surface area contributed by atoms with Crippen LogP contribution >= 0.6 is 11.6 Å². The summed E-state index contributed by atoms with van der Waals surface area (Å²) in [6, 6.07) is 6.09. The molecule has 1 fully saturated rings. The maximum Gasteiger partial charge on any atom is 0.0599 e. The van der Waals surface area contributed by atoms with Crippen LogP contribution in [0.5, 0.6) is 0 Å². The van der Waals surface area contributed by atoms with Crippen molar-refractivity contribution < 1.29 is 5.11 Å². The molecule has 21 heavy (non-hydrogen) atoms. The smallest absolute Gasteiger partial charge is 0.0599 e. The minimum absolute atomic E-state index is 0.0574. The van der Waals surface area contributed by atoms with Gasteiger partial charge in [0.1, 0.15) is 0 Å². The summed E-state index contributed by atoms with van der Waals surface area (Å²) in [6.07, 6.45) is 0.636. The molecule has 1 aliphatic heterocycles. The largest absolute Gasteiger partial charge is 0.393 e. The number of piperidine rings is 1. The second-order valence-corrected chi connectivity index (χ2v) is 7.53. The second-order valence-electron chi connectivity index (χ2n) is 7.12. The molecule has 0 aliphatic carbocycles. The Morgan fingerprint density at radius 2 is 2.10 bits per heavy atom. The number of benzene rings is 1. The molecule has 0 bridgehead atoms. The van der Waals surface area contributed by atoms with E-state index in [1.165, 1.54) is 5.69 Å². The first-order chi connectivity index (χ1) is 9.78. The Labute approximate surface area is 133 Å². The molecule has 0 spiro atoms. The van der Waals surface area contributed by atoms with Gasteiger partial charge in [-0.15, -0.1) is 0 Å². The first-order valence-corrected chi connectivity index (χ1v) is 8.11. The van der Waals surface area contributed by atoms with Crippen molar-refractivity contribution in [1.82, 2.24) is 5.32 Å². The van der Waals surface area contributed by atoms with Crippen LogP contribution in [0.3, 0.4) is 0 Å². The van der Waals surface area contributed by atoms with E-state index in [0.717, 1.165) is 36.6 Å². The fraction of sp³-hybridized carbons (Fsp3) is 0.647. The molecule has 0 radical (unpaired) electrons. The normalized spacial score (nSPS) is 23.4. The number of halogens is 1. The van der Waals surface area contributed by atoms with Gasteiger partial charge in [-0.2, -0.15) is 0 Å². The Kier molecular flexibility index (Phi) is 5.18. The monoisotopic (exact) mass is 310 g/mol. The van der Waals surface area contributed by atoms with E-state index >= 15 is 0 Å². The summed E-state index contributed by atoms with van der Waals surface area (Å²) in [5, 5.41) is 14.2. The topological polar surface area (TPSA) is 35.5 Å². The third-order valence-electron chi connectivity index (χ3n) is 4.09. The van der Waals surface area contributed by atoms with Crippen LogP contribution in [-0.4, -0.2) is 29.8 Å². The standard InChI is InChI=1S/C17H27ClN2O/c1-12-11-20(9-8-16(12)21)15-7-5-6-14(18)13(15)10-19-17(2,3)4/h5-7,12,16,19,21H,8-11H2,1-4H3. The number of aliphatic hydroxyl groups is 1. The van der Waals surface area contributed by atoms with E-state index < -0.39 is 0 Å². The van der Waals surface area contributed by atoms with Crippen LogP contribution in [0.15, 0.2) is 18.2 Å². The summed E-state index contributed by atoms with van der Waals surface area (Å²) < 4.78 is 0. The molecule has 1 saturated heterocycles. The zero-order valence-corrected chi connectivity index (χ0v) is 14.2. The van der Waals surface area contributed by atoms with Gasteiger partial charge in [-0.3, -0.25) is 0 Å². The molecule has 0 saturated carbocycles. The lowest BCUT2D eigenvalue weighted by Crippen LogP contribution is -2.43. The molecule has 0 aromatic heterocycles. The van der Waals surface area contributed by atoms with Gasteiger partial charge in [0.05, 0.1) is 6.10 Å². The highest BCUT2D eigenvalue weighted by Crippen LogP contribution is 2.31. The maximum atomic E-state index is 9.91. The van der Waals surface area contributed by atoms with Crippen molar-refractivity contribution in [1.29, 1.82) is 0 Å². The first kappa shape index (κ1) is 16.6. The van der Waals surface area contributed by atoms with Gasteiger partial charge >= 0.3 is 0 Å². The molecule has 2 rings (SSSR count). The molecule has 2 unspecified atom stereocenters. The molecule has 0 amide bonds. The van der Waals surface area contributed by atoms with Crippen LogP contribution in [0.2, 0.25) is 5.02 Å². The van der Waals surface area contributed by atoms with E-state index in [0.29, 0.717) is 5.92 Å². The molecule has 2 N–H and O–H groups in total. The second kappa shape index (κ2) is 6.55. The number of hydrogen-bond acceptors (Lipinski definition) is 3. The lowest BCUT2D eigenvalue weighted by Gasteiger charge is -2.37. The van der Waals surface area contributed by atoms with Gasteiger partial charge in [0.25, 0.3) is 0 Å². The fourth-order valence-electron chi connectivity index (χ4n) is 2.72. The van der Waals surface area contributed by atoms with Crippen molar-refractivity contribution in [2.75, 3.05) is 18.0 Å². The molecule has 4 heteroatoms. The van der Waals surface area contributed by atoms with E-state index in [1.807, 2.05) is 12.1 Å². The van der Waals surface area contributed by atoms with Crippen molar-refractivity contribution in [3.8, 4) is 0 Å². The van der Waals surface area contributed by atoms with Gasteiger partial charge in [-0.1, -0.05) is 24.6 Å². The van der Waals surface area contributed by atoms with Crippen molar-refractivity contribution in [3.05, 3.63) is 28.8 Å². The maximum absolute atomic E-state index is 9.91. The molecular weight excluding hydrogens is 284 g/mol. The number of aliphatic hydroxyl groups excluding tert-OH is 1. The summed E-state index contributed by atoms with van der Waals surface area (Å²) in [4.78, 5) is 2.35. The minimum atomic E-state index is -0.184. The van der Waals surface area contributed by atoms with Gasteiger partial charge in [-0.05, 0) is 45.2 Å². The molecule has 2 atom stereocenters. The highest BCUT2D eigenvalue weighted by atomic mass is 35.5. The van der Waals surface area contributed by atoms with E-state index in [4.69, 9.17) is 11.6 Å². The van der Waals surface area contributed by atoms with Crippen molar-refractivity contribution in [2.45, 2.75) is 52.3 Å². The van der Waals surface area contributed by atoms with Crippen LogP contribution in [0.1, 0.15) is 39.7 Å². The van der Waals surface area contributed by atoms with E-state index in [-0.39, 0.29) is 11.6 Å². The number of hydrogen-bond donors (Lipinski definition) is 2. The molecule has 1 aromatic carbocycles. The zero-order valence-electron chi connectivity index (χ0n) is 13.5. The third kappa shape index (κ3) is 4.35. The summed E-state index contributed by atoms with van der Waals surface area (Å²) in [6.45, 7) is 11.1. The molecule has 1 heterocycles. The van der Waals surface area contributed by atoms with Crippen LogP contribution in [0, 0.1) is 5.92 Å². The third-order valence-corrected chi connectivity index (χ3v) is 4.44. The quantitative estimate of drug-likeness (QED) is 0.898. The van der Waals surface area contributed by atoms with Crippen LogP contribution < -0.4 is 10.2 Å². The average Bonchev–Trinajstić information content (AvgIpc) is 2.39. The van der Waals surface area contributed by atoms with Crippen LogP contribution in [-0.2, 0) is 6.54 Å². The molecule has 1 aliphatic rings. The molecule has 118 valence electrons. The van der Waals surface area contributed by atoms with Crippen molar-refractivity contribution in [2.24, 2.45) is 5.92 Å². The average molecular weight is 311 g/mol. The predicted molar refractivity (Wildman–Crippen MR) is 90.0 cm³/mol. The number of anilines is 1. The molecule has 3 nitrogen and oxygen atoms in total. The van der Waals surface area contributed by atoms with Gasteiger partial charge < -0.3 is 15.3 Å². The molecular formula is C17H27ClN2O. The molecule has 1 aromatic rings. The first-order valence-electron chi connectivity index (χ1n) is 7.73. The summed E-state index contributed by atoms with van der Waals surface area (Å²) in [7, 11) is 0. The van der Waals surface area contributed by atoms with Gasteiger partial charge in [0, 0.05) is 41.4 Å². The Bertz CT molecular complexity index is 484. The van der Waals surface area contributed by atoms with Gasteiger partial charge in [0.2, 0.25) is 0 Å². The Balaban J connectivity index is 2.21. The van der Waals surface area contributed by atoms with Crippen LogP contribution in [0.4, 0.5) is 5.69 Å². The Morgan fingerprint density at radius 3 is 2.71 bits per heavy atom. The fourth-order valence-corrected chi connectivity index (χ4v) is 2.96. The van der Waals surface area contributed by atoms with Crippen LogP contribution in [0.25, 0.3) is 0 Å². The van der Waals surface area contributed by atoms with E-state index in [9.17, 15) is 5.11 Å². The van der Waals surface area contributed by atoms with Crippen molar-refractivity contribution >= 4 is 17.3 Å². The number of nitrogens with zero attached hydrogens (tertiary/aromatic N) is 1. The minimum Gasteiger partial charge on any atom is -0.393 e. The van der Waals surface area contributed by atoms with E-state index in [2.05, 4.69) is 44.0 Å². The number of rotatable bonds is 3. The van der Waals surface area contributed by atoms with Gasteiger partial charge in [-0.25, -0.2) is 0 Å². The van der Waals surface area contributed by atoms with Gasteiger partial charge in [0.15, 0.2) is 0 Å². The summed E-state index contributed by atoms with van der Waals surface area (Å²) >= 11 is 6.43. The lowest BCUT2D eigenvalue weighted by atomic mass is 9.95.